The lowest BCUT2D eigenvalue weighted by Gasteiger charge is -2.28. The SMILES string of the molecule is CCC[C@H]1C(=O)N(S(C)(=O)=O)C2=CCN(C(=O)CCCN3CCOCC3)[C@@H]21. The monoisotopic (exact) mass is 399 g/mol. The molecule has 2 saturated heterocycles. The quantitative estimate of drug-likeness (QED) is 0.616. The molecule has 0 aliphatic carbocycles. The summed E-state index contributed by atoms with van der Waals surface area (Å²) in [4.78, 5) is 29.5. The fraction of sp³-hybridized carbons (Fsp3) is 0.778. The third-order valence-electron chi connectivity index (χ3n) is 5.49. The average molecular weight is 400 g/mol. The Kier molecular flexibility index (Phi) is 6.22. The van der Waals surface area contributed by atoms with Gasteiger partial charge in [-0.15, -0.1) is 0 Å². The van der Waals surface area contributed by atoms with Gasteiger partial charge in [0.25, 0.3) is 0 Å². The topological polar surface area (TPSA) is 87.2 Å². The number of carbonyl (C=O) groups is 2. The van der Waals surface area contributed by atoms with E-state index in [1.54, 1.807) is 11.0 Å². The molecule has 2 atom stereocenters. The van der Waals surface area contributed by atoms with Crippen molar-refractivity contribution in [1.82, 2.24) is 14.1 Å². The molecule has 0 radical (unpaired) electrons. The molecular weight excluding hydrogens is 370 g/mol. The van der Waals surface area contributed by atoms with Crippen molar-refractivity contribution in [2.45, 2.75) is 38.6 Å². The summed E-state index contributed by atoms with van der Waals surface area (Å²) in [5.74, 6) is -0.883. The Morgan fingerprint density at radius 1 is 1.30 bits per heavy atom. The van der Waals surface area contributed by atoms with Gasteiger partial charge >= 0.3 is 0 Å². The van der Waals surface area contributed by atoms with Gasteiger partial charge in [0.15, 0.2) is 0 Å². The maximum Gasteiger partial charge on any atom is 0.246 e. The summed E-state index contributed by atoms with van der Waals surface area (Å²) in [7, 11) is -3.68. The van der Waals surface area contributed by atoms with Crippen LogP contribution in [0.5, 0.6) is 0 Å². The highest BCUT2D eigenvalue weighted by Crippen LogP contribution is 2.40. The number of morpholine rings is 1. The van der Waals surface area contributed by atoms with E-state index in [4.69, 9.17) is 4.74 Å². The first kappa shape index (κ1) is 20.3. The number of hydrogen-bond donors (Lipinski definition) is 0. The summed E-state index contributed by atoms with van der Waals surface area (Å²) in [5, 5.41) is 0. The Hall–Kier alpha value is -1.45. The van der Waals surface area contributed by atoms with Crippen LogP contribution in [-0.4, -0.2) is 86.0 Å². The average Bonchev–Trinajstić information content (AvgIpc) is 3.14. The van der Waals surface area contributed by atoms with Crippen molar-refractivity contribution >= 4 is 21.8 Å². The zero-order chi connectivity index (χ0) is 19.6. The number of carbonyl (C=O) groups excluding carboxylic acids is 2. The smallest absolute Gasteiger partial charge is 0.246 e. The summed E-state index contributed by atoms with van der Waals surface area (Å²) in [5.41, 5.74) is 0.461. The molecule has 0 spiro atoms. The van der Waals surface area contributed by atoms with Gasteiger partial charge in [0.1, 0.15) is 0 Å². The van der Waals surface area contributed by atoms with Gasteiger partial charge in [-0.2, -0.15) is 0 Å². The lowest BCUT2D eigenvalue weighted by Crippen LogP contribution is -2.41. The summed E-state index contributed by atoms with van der Waals surface area (Å²) < 4.78 is 30.5. The Labute approximate surface area is 161 Å². The molecule has 0 bridgehead atoms. The predicted octanol–water partition coefficient (Wildman–Crippen LogP) is 0.412. The molecule has 152 valence electrons. The van der Waals surface area contributed by atoms with Gasteiger partial charge in [0.2, 0.25) is 21.8 Å². The maximum atomic E-state index is 12.8. The van der Waals surface area contributed by atoms with Crippen molar-refractivity contribution in [3.63, 3.8) is 0 Å². The van der Waals surface area contributed by atoms with Crippen molar-refractivity contribution in [3.05, 3.63) is 11.8 Å². The number of fused-ring (bicyclic) bond motifs is 1. The van der Waals surface area contributed by atoms with Crippen LogP contribution in [0, 0.1) is 5.92 Å². The summed E-state index contributed by atoms with van der Waals surface area (Å²) in [6.45, 7) is 6.43. The first-order chi connectivity index (χ1) is 12.8. The minimum Gasteiger partial charge on any atom is -0.379 e. The van der Waals surface area contributed by atoms with Gasteiger partial charge in [-0.05, 0) is 25.5 Å². The van der Waals surface area contributed by atoms with Crippen molar-refractivity contribution in [2.75, 3.05) is 45.6 Å². The van der Waals surface area contributed by atoms with E-state index in [0.717, 1.165) is 56.3 Å². The Morgan fingerprint density at radius 3 is 2.63 bits per heavy atom. The highest BCUT2D eigenvalue weighted by Gasteiger charge is 2.53. The van der Waals surface area contributed by atoms with Crippen LogP contribution < -0.4 is 0 Å². The van der Waals surface area contributed by atoms with Crippen LogP contribution in [0.15, 0.2) is 11.8 Å². The highest BCUT2D eigenvalue weighted by molar-refractivity contribution is 7.89. The van der Waals surface area contributed by atoms with Crippen molar-refractivity contribution in [1.29, 1.82) is 0 Å². The first-order valence-electron chi connectivity index (χ1n) is 9.68. The van der Waals surface area contributed by atoms with Crippen molar-refractivity contribution < 1.29 is 22.7 Å². The molecule has 0 aromatic rings. The molecule has 3 heterocycles. The van der Waals surface area contributed by atoms with Crippen LogP contribution in [0.3, 0.4) is 0 Å². The normalized spacial score (nSPS) is 26.4. The first-order valence-corrected chi connectivity index (χ1v) is 11.5. The van der Waals surface area contributed by atoms with E-state index in [-0.39, 0.29) is 5.91 Å². The molecule has 0 aromatic carbocycles. The number of nitrogens with zero attached hydrogens (tertiary/aromatic N) is 3. The molecule has 8 nitrogen and oxygen atoms in total. The van der Waals surface area contributed by atoms with Crippen molar-refractivity contribution in [2.24, 2.45) is 5.92 Å². The van der Waals surface area contributed by atoms with E-state index in [0.29, 0.717) is 25.1 Å². The van der Waals surface area contributed by atoms with Crippen LogP contribution >= 0.6 is 0 Å². The standard InChI is InChI=1S/C18H29N3O5S/c1-3-5-14-17-15(21(18(14)23)27(2,24)25)7-9-20(17)16(22)6-4-8-19-10-12-26-13-11-19/h7,14,17H,3-6,8-13H2,1-2H3/t14-,17-/m1/s1. The number of rotatable bonds is 7. The van der Waals surface area contributed by atoms with Gasteiger partial charge in [0.05, 0.1) is 37.1 Å². The third kappa shape index (κ3) is 4.20. The van der Waals surface area contributed by atoms with Gasteiger partial charge in [-0.25, -0.2) is 12.7 Å². The van der Waals surface area contributed by atoms with E-state index in [1.807, 2.05) is 6.92 Å². The second-order valence-electron chi connectivity index (χ2n) is 7.44. The van der Waals surface area contributed by atoms with Gasteiger partial charge < -0.3 is 9.64 Å². The molecule has 2 amide bonds. The van der Waals surface area contributed by atoms with E-state index in [2.05, 4.69) is 4.90 Å². The molecule has 3 aliphatic heterocycles. The molecule has 3 aliphatic rings. The Balaban J connectivity index is 1.65. The molecule has 9 heteroatoms. The van der Waals surface area contributed by atoms with Crippen molar-refractivity contribution in [3.8, 4) is 0 Å². The molecule has 0 N–H and O–H groups in total. The zero-order valence-electron chi connectivity index (χ0n) is 16.1. The van der Waals surface area contributed by atoms with E-state index < -0.39 is 27.9 Å². The van der Waals surface area contributed by atoms with Gasteiger partial charge in [-0.1, -0.05) is 13.3 Å². The van der Waals surface area contributed by atoms with Crippen LogP contribution in [-0.2, 0) is 24.3 Å². The third-order valence-corrected chi connectivity index (χ3v) is 6.54. The summed E-state index contributed by atoms with van der Waals surface area (Å²) >= 11 is 0. The Morgan fingerprint density at radius 2 is 2.00 bits per heavy atom. The van der Waals surface area contributed by atoms with Gasteiger partial charge in [-0.3, -0.25) is 14.5 Å². The second kappa shape index (κ2) is 8.28. The lowest BCUT2D eigenvalue weighted by atomic mass is 9.96. The Bertz CT molecular complexity index is 715. The van der Waals surface area contributed by atoms with Gasteiger partial charge in [0, 0.05) is 26.1 Å². The summed E-state index contributed by atoms with van der Waals surface area (Å²) in [6, 6.07) is -0.442. The fourth-order valence-electron chi connectivity index (χ4n) is 4.25. The lowest BCUT2D eigenvalue weighted by molar-refractivity contribution is -0.134. The van der Waals surface area contributed by atoms with Crippen LogP contribution in [0.25, 0.3) is 0 Å². The van der Waals surface area contributed by atoms with E-state index >= 15 is 0 Å². The largest absolute Gasteiger partial charge is 0.379 e. The van der Waals surface area contributed by atoms with Crippen LogP contribution in [0.1, 0.15) is 32.6 Å². The molecule has 27 heavy (non-hydrogen) atoms. The van der Waals surface area contributed by atoms with E-state index in [1.165, 1.54) is 0 Å². The molecule has 0 saturated carbocycles. The zero-order valence-corrected chi connectivity index (χ0v) is 16.9. The number of hydrogen-bond acceptors (Lipinski definition) is 6. The number of amides is 2. The number of sulfonamides is 1. The second-order valence-corrected chi connectivity index (χ2v) is 9.27. The van der Waals surface area contributed by atoms with Crippen LogP contribution in [0.4, 0.5) is 0 Å². The molecule has 0 unspecified atom stereocenters. The minimum atomic E-state index is -3.68. The molecule has 0 aromatic heterocycles. The predicted molar refractivity (Wildman–Crippen MR) is 100 cm³/mol. The molecular formula is C18H29N3O5S. The fourth-order valence-corrected chi connectivity index (χ4v) is 5.28. The highest BCUT2D eigenvalue weighted by atomic mass is 32.2. The van der Waals surface area contributed by atoms with E-state index in [9.17, 15) is 18.0 Å². The minimum absolute atomic E-state index is 0.0104. The maximum absolute atomic E-state index is 12.8. The van der Waals surface area contributed by atoms with Crippen LogP contribution in [0.2, 0.25) is 0 Å². The summed E-state index contributed by atoms with van der Waals surface area (Å²) in [6.07, 6.45) is 5.25. The number of ether oxygens (including phenoxy) is 1. The molecule has 3 rings (SSSR count). The molecule has 2 fully saturated rings.